The maximum absolute atomic E-state index is 13.8. The third-order valence-corrected chi connectivity index (χ3v) is 20.7. The fraction of sp³-hybridized carbons (Fsp3) is 0.457. The van der Waals surface area contributed by atoms with E-state index in [1.54, 1.807) is 39.0 Å². The molecule has 12 rings (SSSR count). The molecule has 1 heterocycles. The van der Waals surface area contributed by atoms with Gasteiger partial charge in [0.15, 0.2) is 23.1 Å². The molecule has 4 aliphatic carbocycles. The summed E-state index contributed by atoms with van der Waals surface area (Å²) in [6, 6.07) is 58.8. The molecule has 4 aliphatic rings. The third kappa shape index (κ3) is 30.9. The lowest BCUT2D eigenvalue weighted by Crippen LogP contribution is -2.24. The lowest BCUT2D eigenvalue weighted by atomic mass is 9.82. The molecule has 0 bridgehead atoms. The van der Waals surface area contributed by atoms with Gasteiger partial charge in [0.2, 0.25) is 0 Å². The molecule has 15 heteroatoms. The highest BCUT2D eigenvalue weighted by Gasteiger charge is 2.29. The van der Waals surface area contributed by atoms with Crippen molar-refractivity contribution in [2.75, 3.05) is 52.9 Å². The van der Waals surface area contributed by atoms with E-state index in [-0.39, 0.29) is 79.5 Å². The van der Waals surface area contributed by atoms with Gasteiger partial charge >= 0.3 is 0 Å². The van der Waals surface area contributed by atoms with Crippen molar-refractivity contribution in [1.82, 2.24) is 4.98 Å². The molecule has 7 aromatic carbocycles. The zero-order valence-electron chi connectivity index (χ0n) is 65.3. The van der Waals surface area contributed by atoms with Crippen molar-refractivity contribution in [2.24, 2.45) is 0 Å². The van der Waals surface area contributed by atoms with Crippen LogP contribution in [0.25, 0.3) is 0 Å². The molecular formula is C94H115F2NO12. The standard InChI is InChI=1S/C24H29FO3.C24H30O3.C23H27FO3.C23H29NO3/c1-17-6-11-23(15-24(17)25)28-22-5-3-4-21(14-22)20-9-7-19(8-10-20)12-13-27-16-18(2)26;1-18-6-12-23(13-7-18)27-24-5-3-4-22(16-24)21-10-8-20(9-11-21)14-15-26-17-19(2)25;1-17(25)16-26-14-13-18-5-7-19(8-6-18)20-3-2-4-23(15-20)27-22-11-9-21(24)10-12-22;1-17-6-11-23(15-24-17)27-22-5-3-4-21(14-22)20-9-7-19(8-10-20)12-13-26-16-18(2)25/h6-11,15,21-22H,3-5,12-14,16H2,1-2H3;6-13,22,24H,3-5,14-17H2,1-2H3;5-12,20,23H,2-4,13-16H2,1H3;6-11,15,21-22H,3-5,12-14,16H2,1-2H3. The molecule has 0 amide bonds. The number of ether oxygens (including phenoxy) is 8. The molecule has 0 spiro atoms. The number of halogens is 2. The van der Waals surface area contributed by atoms with Crippen molar-refractivity contribution in [3.05, 3.63) is 255 Å². The van der Waals surface area contributed by atoms with Crippen LogP contribution in [-0.2, 0) is 63.8 Å². The minimum Gasteiger partial charge on any atom is -0.490 e. The Kier molecular flexibility index (Phi) is 35.1. The molecule has 0 aliphatic heterocycles. The van der Waals surface area contributed by atoms with E-state index in [4.69, 9.17) is 37.9 Å². The predicted octanol–water partition coefficient (Wildman–Crippen LogP) is 20.4. The molecule has 1 aromatic heterocycles. The van der Waals surface area contributed by atoms with Crippen molar-refractivity contribution >= 4 is 23.1 Å². The molecule has 4 saturated carbocycles. The molecular weight excluding hydrogens is 1370 g/mol. The van der Waals surface area contributed by atoms with E-state index in [1.807, 2.05) is 31.3 Å². The summed E-state index contributed by atoms with van der Waals surface area (Å²) in [6.07, 6.45) is 23.8. The predicted molar refractivity (Wildman–Crippen MR) is 427 cm³/mol. The number of hydrogen-bond donors (Lipinski definition) is 0. The summed E-state index contributed by atoms with van der Waals surface area (Å²) >= 11 is 0. The first-order chi connectivity index (χ1) is 52.8. The van der Waals surface area contributed by atoms with E-state index in [2.05, 4.69) is 133 Å². The number of aryl methyl sites for hydroxylation is 3. The van der Waals surface area contributed by atoms with E-state index in [9.17, 15) is 28.0 Å². The number of aromatic nitrogens is 1. The maximum Gasteiger partial charge on any atom is 0.155 e. The summed E-state index contributed by atoms with van der Waals surface area (Å²) in [7, 11) is 0. The number of nitrogens with zero attached hydrogens (tertiary/aromatic N) is 1. The molecule has 8 unspecified atom stereocenters. The Bertz CT molecular complexity index is 3690. The van der Waals surface area contributed by atoms with Crippen LogP contribution in [0, 0.1) is 32.4 Å². The molecule has 4 fully saturated rings. The van der Waals surface area contributed by atoms with Gasteiger partial charge in [-0.25, -0.2) is 8.78 Å². The fourth-order valence-corrected chi connectivity index (χ4v) is 14.7. The van der Waals surface area contributed by atoms with E-state index in [0.717, 1.165) is 119 Å². The van der Waals surface area contributed by atoms with Crippen LogP contribution >= 0.6 is 0 Å². The highest BCUT2D eigenvalue weighted by atomic mass is 19.1. The minimum atomic E-state index is -0.240. The summed E-state index contributed by atoms with van der Waals surface area (Å²) in [5.74, 6) is 5.08. The number of Topliss-reactive ketones (excluding diaryl/α,β-unsaturated/α-hetero) is 4. The molecule has 0 saturated heterocycles. The number of carbonyl (C=O) groups is 4. The van der Waals surface area contributed by atoms with Crippen molar-refractivity contribution in [1.29, 1.82) is 0 Å². The van der Waals surface area contributed by atoms with Gasteiger partial charge in [0.25, 0.3) is 0 Å². The van der Waals surface area contributed by atoms with Crippen LogP contribution in [0.4, 0.5) is 8.78 Å². The van der Waals surface area contributed by atoms with Gasteiger partial charge in [-0.1, -0.05) is 121 Å². The Morgan fingerprint density at radius 1 is 0.349 bits per heavy atom. The Labute approximate surface area is 646 Å². The topological polar surface area (TPSA) is 155 Å². The Morgan fingerprint density at radius 2 is 0.642 bits per heavy atom. The SMILES string of the molecule is CC(=O)COCCc1ccc(C2CCCC(Oc3ccc(C)c(F)c3)C2)cc1.CC(=O)COCCc1ccc(C2CCCC(Oc3ccc(C)cc3)C2)cc1.CC(=O)COCCc1ccc(C2CCCC(Oc3ccc(C)nc3)C2)cc1.CC(=O)COCCc1ccc(C2CCCC(Oc3ccc(F)cc3)C2)cc1. The second kappa shape index (κ2) is 45.4. The first-order valence-electron chi connectivity index (χ1n) is 39.6. The van der Waals surface area contributed by atoms with Gasteiger partial charge in [0, 0.05) is 11.8 Å². The van der Waals surface area contributed by atoms with Crippen LogP contribution in [0.1, 0.15) is 215 Å². The summed E-state index contributed by atoms with van der Waals surface area (Å²) in [6.45, 7) is 15.1. The zero-order valence-corrected chi connectivity index (χ0v) is 65.3. The van der Waals surface area contributed by atoms with E-state index in [1.165, 1.54) is 114 Å². The smallest absolute Gasteiger partial charge is 0.155 e. The van der Waals surface area contributed by atoms with Crippen LogP contribution in [0.2, 0.25) is 0 Å². The molecule has 8 atom stereocenters. The third-order valence-electron chi connectivity index (χ3n) is 20.7. The van der Waals surface area contributed by atoms with Gasteiger partial charge in [-0.2, -0.15) is 0 Å². The zero-order chi connectivity index (χ0) is 77.1. The normalized spacial score (nSPS) is 19.6. The summed E-state index contributed by atoms with van der Waals surface area (Å²) in [5.41, 5.74) is 13.3. The van der Waals surface area contributed by atoms with Crippen LogP contribution in [-0.4, -0.2) is 105 Å². The average molecular weight is 1490 g/mol. The monoisotopic (exact) mass is 1490 g/mol. The summed E-state index contributed by atoms with van der Waals surface area (Å²) < 4.78 is 72.7. The molecule has 13 nitrogen and oxygen atoms in total. The minimum absolute atomic E-state index is 0.0535. The number of rotatable bonds is 32. The van der Waals surface area contributed by atoms with Gasteiger partial charge in [-0.3, -0.25) is 24.2 Å². The van der Waals surface area contributed by atoms with Crippen molar-refractivity contribution in [3.8, 4) is 23.0 Å². The van der Waals surface area contributed by atoms with E-state index < -0.39 is 0 Å². The summed E-state index contributed by atoms with van der Waals surface area (Å²) in [4.78, 5) is 47.9. The highest BCUT2D eigenvalue weighted by Crippen LogP contribution is 2.39. The Hall–Kier alpha value is -8.73. The van der Waals surface area contributed by atoms with Crippen LogP contribution in [0.15, 0.2) is 182 Å². The molecule has 0 radical (unpaired) electrons. The van der Waals surface area contributed by atoms with Crippen LogP contribution < -0.4 is 18.9 Å². The lowest BCUT2D eigenvalue weighted by molar-refractivity contribution is -0.122. The molecule has 109 heavy (non-hydrogen) atoms. The number of benzene rings is 7. The van der Waals surface area contributed by atoms with Crippen molar-refractivity contribution in [2.45, 2.75) is 225 Å². The Morgan fingerprint density at radius 3 is 0.945 bits per heavy atom. The average Bonchev–Trinajstić information content (AvgIpc) is 0.859. The van der Waals surface area contributed by atoms with E-state index in [0.29, 0.717) is 67.5 Å². The van der Waals surface area contributed by atoms with Crippen molar-refractivity contribution < 1.29 is 65.9 Å². The first-order valence-corrected chi connectivity index (χ1v) is 39.6. The van der Waals surface area contributed by atoms with Gasteiger partial charge in [0.1, 0.15) is 61.1 Å². The molecule has 582 valence electrons. The molecule has 0 N–H and O–H groups in total. The molecule has 8 aromatic rings. The Balaban J connectivity index is 0.000000167. The number of ketones is 4. The van der Waals surface area contributed by atoms with E-state index >= 15 is 0 Å². The van der Waals surface area contributed by atoms with Gasteiger partial charge in [-0.05, 0) is 305 Å². The maximum atomic E-state index is 13.8. The largest absolute Gasteiger partial charge is 0.490 e. The summed E-state index contributed by atoms with van der Waals surface area (Å²) in [5, 5.41) is 0. The van der Waals surface area contributed by atoms with Crippen molar-refractivity contribution in [3.63, 3.8) is 0 Å². The number of carbonyl (C=O) groups excluding carboxylic acids is 4. The first kappa shape index (κ1) is 84.3. The lowest BCUT2D eigenvalue weighted by Gasteiger charge is -2.30. The quantitative estimate of drug-likeness (QED) is 0.0368. The van der Waals surface area contributed by atoms with Gasteiger partial charge < -0.3 is 37.9 Å². The van der Waals surface area contributed by atoms with Crippen LogP contribution in [0.5, 0.6) is 23.0 Å². The highest BCUT2D eigenvalue weighted by molar-refractivity contribution is 5.77. The van der Waals surface area contributed by atoms with Gasteiger partial charge in [0.05, 0.1) is 57.0 Å². The van der Waals surface area contributed by atoms with Crippen LogP contribution in [0.3, 0.4) is 0 Å². The number of pyridine rings is 1. The second-order valence-corrected chi connectivity index (χ2v) is 30.2. The second-order valence-electron chi connectivity index (χ2n) is 30.2. The van der Waals surface area contributed by atoms with Gasteiger partial charge in [-0.15, -0.1) is 0 Å². The fourth-order valence-electron chi connectivity index (χ4n) is 14.7. The number of hydrogen-bond acceptors (Lipinski definition) is 13.